The maximum absolute atomic E-state index is 10.6. The van der Waals surface area contributed by atoms with Crippen LogP contribution in [0.25, 0.3) is 0 Å². The Morgan fingerprint density at radius 1 is 1.50 bits per heavy atom. The molecule has 0 aromatic heterocycles. The van der Waals surface area contributed by atoms with Crippen molar-refractivity contribution in [3.63, 3.8) is 0 Å². The molecule has 2 rings (SSSR count). The Morgan fingerprint density at radius 3 is 2.94 bits per heavy atom. The van der Waals surface area contributed by atoms with Crippen LogP contribution in [0.3, 0.4) is 0 Å². The highest BCUT2D eigenvalue weighted by atomic mass is 32.2. The van der Waals surface area contributed by atoms with Gasteiger partial charge in [0.1, 0.15) is 0 Å². The maximum atomic E-state index is 10.6. The molecule has 6 heteroatoms. The van der Waals surface area contributed by atoms with Gasteiger partial charge in [-0.15, -0.1) is 11.8 Å². The van der Waals surface area contributed by atoms with Gasteiger partial charge in [0.05, 0.1) is 11.3 Å². The van der Waals surface area contributed by atoms with E-state index in [0.717, 1.165) is 19.6 Å². The van der Waals surface area contributed by atoms with E-state index in [-0.39, 0.29) is 5.88 Å². The highest BCUT2D eigenvalue weighted by molar-refractivity contribution is 8.02. The number of thioether (sulfide) groups is 1. The van der Waals surface area contributed by atoms with Gasteiger partial charge in [-0.3, -0.25) is 9.11 Å². The van der Waals surface area contributed by atoms with Crippen molar-refractivity contribution in [3.05, 3.63) is 11.6 Å². The monoisotopic (exact) mass is 289 g/mol. The Balaban J connectivity index is 1.67. The minimum absolute atomic E-state index is 0.195. The molecule has 0 aromatic carbocycles. The highest BCUT2D eigenvalue weighted by Crippen LogP contribution is 2.31. The molecule has 2 aliphatic heterocycles. The van der Waals surface area contributed by atoms with E-state index in [0.29, 0.717) is 11.3 Å². The summed E-state index contributed by atoms with van der Waals surface area (Å²) in [7, 11) is 0. The average Bonchev–Trinajstić information content (AvgIpc) is 2.70. The summed E-state index contributed by atoms with van der Waals surface area (Å²) in [4.78, 5) is 4.41. The van der Waals surface area contributed by atoms with Crippen LogP contribution in [0.15, 0.2) is 11.6 Å². The first-order valence-corrected chi connectivity index (χ1v) is 8.73. The highest BCUT2D eigenvalue weighted by Gasteiger charge is 2.30. The van der Waals surface area contributed by atoms with Crippen LogP contribution in [-0.4, -0.2) is 49.4 Å². The first kappa shape index (κ1) is 14.4. The molecular weight excluding hydrogens is 268 g/mol. The summed E-state index contributed by atoms with van der Waals surface area (Å²) in [5.41, 5.74) is 0. The van der Waals surface area contributed by atoms with Crippen molar-refractivity contribution in [2.75, 3.05) is 25.5 Å². The number of hydrogen-bond acceptors (Lipinski definition) is 5. The van der Waals surface area contributed by atoms with Gasteiger partial charge < -0.3 is 9.45 Å². The van der Waals surface area contributed by atoms with Crippen LogP contribution in [0.4, 0.5) is 0 Å². The van der Waals surface area contributed by atoms with E-state index in [1.807, 2.05) is 16.7 Å². The van der Waals surface area contributed by atoms with Gasteiger partial charge in [0.2, 0.25) is 0 Å². The molecule has 2 aliphatic rings. The molecule has 104 valence electrons. The van der Waals surface area contributed by atoms with Gasteiger partial charge in [-0.1, -0.05) is 19.8 Å². The molecule has 0 bridgehead atoms. The average molecular weight is 289 g/mol. The van der Waals surface area contributed by atoms with Gasteiger partial charge in [-0.2, -0.15) is 0 Å². The van der Waals surface area contributed by atoms with Gasteiger partial charge in [0.25, 0.3) is 0 Å². The predicted octanol–water partition coefficient (Wildman–Crippen LogP) is 1.79. The summed E-state index contributed by atoms with van der Waals surface area (Å²) in [6.45, 7) is 5.14. The van der Waals surface area contributed by atoms with Crippen LogP contribution in [0, 0.1) is 5.92 Å². The third kappa shape index (κ3) is 3.98. The van der Waals surface area contributed by atoms with Crippen molar-refractivity contribution < 1.29 is 8.76 Å². The molecule has 0 saturated carbocycles. The number of nitrogens with zero attached hydrogens (tertiary/aromatic N) is 2. The second-order valence-corrected chi connectivity index (χ2v) is 7.00. The topological polar surface area (TPSA) is 46.6 Å². The van der Waals surface area contributed by atoms with Crippen LogP contribution >= 0.6 is 11.8 Å². The third-order valence-corrected chi connectivity index (χ3v) is 5.13. The van der Waals surface area contributed by atoms with Crippen molar-refractivity contribution >= 4 is 22.8 Å². The molecule has 0 aliphatic carbocycles. The minimum atomic E-state index is -1.93. The summed E-state index contributed by atoms with van der Waals surface area (Å²) in [5, 5.41) is 2.79. The van der Waals surface area contributed by atoms with Crippen LogP contribution in [0.1, 0.15) is 26.2 Å². The number of unbranched alkanes of at least 4 members (excludes halogenated alkanes) is 1. The molecule has 2 atom stereocenters. The zero-order chi connectivity index (χ0) is 13.0. The summed E-state index contributed by atoms with van der Waals surface area (Å²) in [5.74, 6) is 0.821. The fourth-order valence-corrected chi connectivity index (χ4v) is 4.05. The molecule has 0 spiro atoms. The molecule has 1 fully saturated rings. The van der Waals surface area contributed by atoms with E-state index in [4.69, 9.17) is 0 Å². The SMILES string of the molecule is CCCCC1SC=CN1CC1CN(CS(=O)[O-])C1. The van der Waals surface area contributed by atoms with E-state index in [9.17, 15) is 8.76 Å². The van der Waals surface area contributed by atoms with Crippen LogP contribution in [-0.2, 0) is 11.1 Å². The van der Waals surface area contributed by atoms with E-state index in [1.54, 1.807) is 0 Å². The first-order valence-electron chi connectivity index (χ1n) is 6.55. The molecule has 2 heterocycles. The Morgan fingerprint density at radius 2 is 2.28 bits per heavy atom. The molecule has 4 nitrogen and oxygen atoms in total. The van der Waals surface area contributed by atoms with Gasteiger partial charge in [0.15, 0.2) is 0 Å². The molecule has 0 N–H and O–H groups in total. The van der Waals surface area contributed by atoms with Gasteiger partial charge in [-0.05, 0) is 22.9 Å². The van der Waals surface area contributed by atoms with Crippen molar-refractivity contribution in [2.45, 2.75) is 31.6 Å². The second kappa shape index (κ2) is 6.93. The number of hydrogen-bond donors (Lipinski definition) is 0. The Kier molecular flexibility index (Phi) is 5.54. The van der Waals surface area contributed by atoms with E-state index < -0.39 is 11.1 Å². The quantitative estimate of drug-likeness (QED) is 0.669. The summed E-state index contributed by atoms with van der Waals surface area (Å²) >= 11 is -0.0187. The molecular formula is C12H21N2O2S2-. The normalized spacial score (nSPS) is 26.6. The van der Waals surface area contributed by atoms with Crippen LogP contribution in [0.5, 0.6) is 0 Å². The largest absolute Gasteiger partial charge is 0.771 e. The summed E-state index contributed by atoms with van der Waals surface area (Å²) in [6, 6.07) is 0. The fourth-order valence-electron chi connectivity index (χ4n) is 2.51. The minimum Gasteiger partial charge on any atom is -0.771 e. The Bertz CT molecular complexity index is 319. The Labute approximate surface area is 116 Å². The van der Waals surface area contributed by atoms with Gasteiger partial charge >= 0.3 is 0 Å². The molecule has 2 unspecified atom stereocenters. The lowest BCUT2D eigenvalue weighted by Crippen LogP contribution is -2.52. The second-order valence-electron chi connectivity index (χ2n) is 5.05. The van der Waals surface area contributed by atoms with Gasteiger partial charge in [-0.25, -0.2) is 0 Å². The van der Waals surface area contributed by atoms with Crippen molar-refractivity contribution in [2.24, 2.45) is 5.92 Å². The maximum Gasteiger partial charge on any atom is 0.0786 e. The van der Waals surface area contributed by atoms with Crippen LogP contribution in [0.2, 0.25) is 0 Å². The number of likely N-dealkylation sites (tertiary alicyclic amines) is 1. The lowest BCUT2D eigenvalue weighted by Gasteiger charge is -2.42. The standard InChI is InChI=1S/C12H22N2O2S2/c1-2-3-4-12-14(5-6-17-12)9-11-7-13(8-11)10-18(15)16/h5-6,11-12H,2-4,7-10H2,1H3,(H,15,16)/p-1. The fraction of sp³-hybridized carbons (Fsp3) is 0.833. The van der Waals surface area contributed by atoms with Crippen molar-refractivity contribution in [1.82, 2.24) is 9.80 Å². The Hall–Kier alpha value is -0.0400. The van der Waals surface area contributed by atoms with E-state index in [1.165, 1.54) is 19.3 Å². The predicted molar refractivity (Wildman–Crippen MR) is 75.6 cm³/mol. The molecule has 0 radical (unpaired) electrons. The van der Waals surface area contributed by atoms with Crippen LogP contribution < -0.4 is 0 Å². The van der Waals surface area contributed by atoms with Crippen molar-refractivity contribution in [1.29, 1.82) is 0 Å². The molecule has 0 amide bonds. The lowest BCUT2D eigenvalue weighted by atomic mass is 10.0. The lowest BCUT2D eigenvalue weighted by molar-refractivity contribution is 0.0944. The zero-order valence-corrected chi connectivity index (χ0v) is 12.4. The van der Waals surface area contributed by atoms with E-state index >= 15 is 0 Å². The smallest absolute Gasteiger partial charge is 0.0786 e. The molecule has 0 aromatic rings. The molecule has 1 saturated heterocycles. The van der Waals surface area contributed by atoms with Crippen molar-refractivity contribution in [3.8, 4) is 0 Å². The first-order chi connectivity index (χ1) is 8.69. The zero-order valence-electron chi connectivity index (χ0n) is 10.8. The summed E-state index contributed by atoms with van der Waals surface area (Å²) < 4.78 is 21.1. The van der Waals surface area contributed by atoms with Gasteiger partial charge in [0, 0.05) is 31.8 Å². The van der Waals surface area contributed by atoms with E-state index in [2.05, 4.69) is 23.4 Å². The summed E-state index contributed by atoms with van der Waals surface area (Å²) in [6.07, 6.45) is 5.97. The molecule has 18 heavy (non-hydrogen) atoms. The third-order valence-electron chi connectivity index (χ3n) is 3.45. The number of rotatable bonds is 7.